The molecular formula is C17H26N2O2S. The SMILES string of the molecule is CC1CCN(C(CNC(=O)C2CCCO2)c2cccs2)CC1. The third kappa shape index (κ3) is 3.89. The van der Waals surface area contributed by atoms with Crippen LogP contribution in [0.25, 0.3) is 0 Å². The average molecular weight is 322 g/mol. The second kappa shape index (κ2) is 7.57. The molecule has 0 spiro atoms. The van der Waals surface area contributed by atoms with Gasteiger partial charge in [0.2, 0.25) is 5.91 Å². The Morgan fingerprint density at radius 1 is 1.45 bits per heavy atom. The van der Waals surface area contributed by atoms with Gasteiger partial charge in [0.25, 0.3) is 0 Å². The lowest BCUT2D eigenvalue weighted by atomic mass is 9.97. The molecule has 0 radical (unpaired) electrons. The van der Waals surface area contributed by atoms with Gasteiger partial charge >= 0.3 is 0 Å². The first-order valence-electron chi connectivity index (χ1n) is 8.41. The number of nitrogens with one attached hydrogen (secondary N) is 1. The van der Waals surface area contributed by atoms with Crippen molar-refractivity contribution in [3.05, 3.63) is 22.4 Å². The zero-order valence-electron chi connectivity index (χ0n) is 13.3. The Morgan fingerprint density at radius 2 is 2.27 bits per heavy atom. The fourth-order valence-electron chi connectivity index (χ4n) is 3.33. The second-order valence-corrected chi connectivity index (χ2v) is 7.48. The molecular weight excluding hydrogens is 296 g/mol. The summed E-state index contributed by atoms with van der Waals surface area (Å²) < 4.78 is 5.47. The normalized spacial score (nSPS) is 25.2. The van der Waals surface area contributed by atoms with Gasteiger partial charge in [0.15, 0.2) is 0 Å². The minimum absolute atomic E-state index is 0.0597. The molecule has 0 aromatic carbocycles. The Bertz CT molecular complexity index is 463. The van der Waals surface area contributed by atoms with Gasteiger partial charge in [0, 0.05) is 18.0 Å². The van der Waals surface area contributed by atoms with E-state index < -0.39 is 0 Å². The van der Waals surface area contributed by atoms with Crippen LogP contribution in [0.15, 0.2) is 17.5 Å². The molecule has 4 nitrogen and oxygen atoms in total. The van der Waals surface area contributed by atoms with E-state index >= 15 is 0 Å². The highest BCUT2D eigenvalue weighted by atomic mass is 32.1. The van der Waals surface area contributed by atoms with Crippen molar-refractivity contribution in [2.45, 2.75) is 44.8 Å². The Balaban J connectivity index is 1.60. The third-order valence-electron chi connectivity index (χ3n) is 4.82. The van der Waals surface area contributed by atoms with Gasteiger partial charge in [-0.15, -0.1) is 11.3 Å². The number of hydrogen-bond donors (Lipinski definition) is 1. The zero-order chi connectivity index (χ0) is 15.4. The van der Waals surface area contributed by atoms with E-state index in [1.165, 1.54) is 17.7 Å². The fraction of sp³-hybridized carbons (Fsp3) is 0.706. The van der Waals surface area contributed by atoms with E-state index in [0.717, 1.165) is 38.5 Å². The fourth-order valence-corrected chi connectivity index (χ4v) is 4.19. The number of piperidine rings is 1. The third-order valence-corrected chi connectivity index (χ3v) is 5.80. The number of amides is 1. The summed E-state index contributed by atoms with van der Waals surface area (Å²) >= 11 is 1.79. The quantitative estimate of drug-likeness (QED) is 0.906. The van der Waals surface area contributed by atoms with E-state index in [9.17, 15) is 4.79 Å². The van der Waals surface area contributed by atoms with Crippen LogP contribution in [-0.2, 0) is 9.53 Å². The monoisotopic (exact) mass is 322 g/mol. The van der Waals surface area contributed by atoms with Crippen LogP contribution in [0.4, 0.5) is 0 Å². The molecule has 22 heavy (non-hydrogen) atoms. The maximum atomic E-state index is 12.2. The molecule has 1 aromatic heterocycles. The number of rotatable bonds is 5. The summed E-state index contributed by atoms with van der Waals surface area (Å²) in [6, 6.07) is 4.59. The minimum Gasteiger partial charge on any atom is -0.368 e. The van der Waals surface area contributed by atoms with Crippen molar-refractivity contribution in [1.29, 1.82) is 0 Å². The molecule has 3 rings (SSSR count). The Hall–Kier alpha value is -0.910. The molecule has 2 aliphatic heterocycles. The Labute approximate surface area is 136 Å². The largest absolute Gasteiger partial charge is 0.368 e. The van der Waals surface area contributed by atoms with Crippen molar-refractivity contribution in [1.82, 2.24) is 10.2 Å². The molecule has 2 unspecified atom stereocenters. The zero-order valence-corrected chi connectivity index (χ0v) is 14.1. The van der Waals surface area contributed by atoms with Crippen LogP contribution in [0.5, 0.6) is 0 Å². The van der Waals surface area contributed by atoms with Gasteiger partial charge in [0.05, 0.1) is 6.04 Å². The van der Waals surface area contributed by atoms with Crippen LogP contribution in [0.2, 0.25) is 0 Å². The molecule has 2 saturated heterocycles. The van der Waals surface area contributed by atoms with Crippen molar-refractivity contribution in [2.75, 3.05) is 26.2 Å². The van der Waals surface area contributed by atoms with Gasteiger partial charge in [-0.05, 0) is 56.1 Å². The summed E-state index contributed by atoms with van der Waals surface area (Å²) in [4.78, 5) is 16.1. The molecule has 3 heterocycles. The Morgan fingerprint density at radius 3 is 2.91 bits per heavy atom. The lowest BCUT2D eigenvalue weighted by Gasteiger charge is -2.36. The summed E-state index contributed by atoms with van der Waals surface area (Å²) in [5.41, 5.74) is 0. The number of thiophene rings is 1. The predicted molar refractivity (Wildman–Crippen MR) is 89.0 cm³/mol. The van der Waals surface area contributed by atoms with E-state index in [2.05, 4.69) is 34.7 Å². The first-order chi connectivity index (χ1) is 10.7. The van der Waals surface area contributed by atoms with Crippen LogP contribution in [-0.4, -0.2) is 43.2 Å². The summed E-state index contributed by atoms with van der Waals surface area (Å²) in [5, 5.41) is 5.24. The lowest BCUT2D eigenvalue weighted by molar-refractivity contribution is -0.130. The summed E-state index contributed by atoms with van der Waals surface area (Å²) in [6.07, 6.45) is 4.13. The molecule has 5 heteroatoms. The van der Waals surface area contributed by atoms with Crippen LogP contribution in [0.1, 0.15) is 43.5 Å². The van der Waals surface area contributed by atoms with Crippen molar-refractivity contribution in [3.8, 4) is 0 Å². The molecule has 2 atom stereocenters. The van der Waals surface area contributed by atoms with Crippen molar-refractivity contribution in [3.63, 3.8) is 0 Å². The number of carbonyl (C=O) groups is 1. The highest BCUT2D eigenvalue weighted by Gasteiger charge is 2.28. The summed E-state index contributed by atoms with van der Waals surface area (Å²) in [7, 11) is 0. The molecule has 0 aliphatic carbocycles. The van der Waals surface area contributed by atoms with Gasteiger partial charge in [-0.3, -0.25) is 9.69 Å². The number of carbonyl (C=O) groups excluding carboxylic acids is 1. The molecule has 2 aliphatic rings. The first kappa shape index (κ1) is 16.0. The maximum absolute atomic E-state index is 12.2. The van der Waals surface area contributed by atoms with Gasteiger partial charge in [-0.25, -0.2) is 0 Å². The van der Waals surface area contributed by atoms with E-state index in [0.29, 0.717) is 12.6 Å². The van der Waals surface area contributed by atoms with Crippen molar-refractivity contribution < 1.29 is 9.53 Å². The minimum atomic E-state index is -0.231. The van der Waals surface area contributed by atoms with Gasteiger partial charge in [-0.2, -0.15) is 0 Å². The number of ether oxygens (including phenoxy) is 1. The standard InChI is InChI=1S/C17H26N2O2S/c1-13-6-8-19(9-7-13)14(16-5-3-11-22-16)12-18-17(20)15-4-2-10-21-15/h3,5,11,13-15H,2,4,6-10,12H2,1H3,(H,18,20). The molecule has 0 saturated carbocycles. The van der Waals surface area contributed by atoms with Crippen LogP contribution in [0, 0.1) is 5.92 Å². The molecule has 0 bridgehead atoms. The number of likely N-dealkylation sites (tertiary alicyclic amines) is 1. The van der Waals surface area contributed by atoms with Crippen LogP contribution in [0.3, 0.4) is 0 Å². The summed E-state index contributed by atoms with van der Waals surface area (Å²) in [5.74, 6) is 0.881. The Kier molecular flexibility index (Phi) is 5.50. The van der Waals surface area contributed by atoms with Gasteiger partial charge < -0.3 is 10.1 Å². The molecule has 2 fully saturated rings. The maximum Gasteiger partial charge on any atom is 0.249 e. The lowest BCUT2D eigenvalue weighted by Crippen LogP contribution is -2.43. The highest BCUT2D eigenvalue weighted by molar-refractivity contribution is 7.10. The van der Waals surface area contributed by atoms with Gasteiger partial charge in [-0.1, -0.05) is 13.0 Å². The molecule has 1 N–H and O–H groups in total. The molecule has 122 valence electrons. The second-order valence-electron chi connectivity index (χ2n) is 6.50. The highest BCUT2D eigenvalue weighted by Crippen LogP contribution is 2.29. The van der Waals surface area contributed by atoms with Crippen LogP contribution < -0.4 is 5.32 Å². The average Bonchev–Trinajstić information content (AvgIpc) is 3.22. The van der Waals surface area contributed by atoms with E-state index in [1.54, 1.807) is 11.3 Å². The van der Waals surface area contributed by atoms with E-state index in [-0.39, 0.29) is 12.0 Å². The molecule has 1 amide bonds. The van der Waals surface area contributed by atoms with Crippen molar-refractivity contribution in [2.24, 2.45) is 5.92 Å². The van der Waals surface area contributed by atoms with E-state index in [1.807, 2.05) is 0 Å². The topological polar surface area (TPSA) is 41.6 Å². The molecule has 1 aromatic rings. The van der Waals surface area contributed by atoms with E-state index in [4.69, 9.17) is 4.74 Å². The number of hydrogen-bond acceptors (Lipinski definition) is 4. The number of nitrogens with zero attached hydrogens (tertiary/aromatic N) is 1. The first-order valence-corrected chi connectivity index (χ1v) is 9.29. The predicted octanol–water partition coefficient (Wildman–Crippen LogP) is 2.82. The van der Waals surface area contributed by atoms with Crippen LogP contribution >= 0.6 is 11.3 Å². The smallest absolute Gasteiger partial charge is 0.249 e. The summed E-state index contributed by atoms with van der Waals surface area (Å²) in [6.45, 7) is 5.99. The van der Waals surface area contributed by atoms with Gasteiger partial charge in [0.1, 0.15) is 6.10 Å². The van der Waals surface area contributed by atoms with Crippen molar-refractivity contribution >= 4 is 17.2 Å².